The second-order valence-electron chi connectivity index (χ2n) is 6.17. The number of piperidine rings is 1. The van der Waals surface area contributed by atoms with E-state index in [2.05, 4.69) is 47.4 Å². The summed E-state index contributed by atoms with van der Waals surface area (Å²) in [7, 11) is 0. The summed E-state index contributed by atoms with van der Waals surface area (Å²) < 4.78 is 0. The molecule has 0 amide bonds. The number of rotatable bonds is 3. The average Bonchev–Trinajstić information content (AvgIpc) is 2.48. The summed E-state index contributed by atoms with van der Waals surface area (Å²) in [6.07, 6.45) is 11.9. The van der Waals surface area contributed by atoms with Gasteiger partial charge in [0.2, 0.25) is 0 Å². The van der Waals surface area contributed by atoms with Gasteiger partial charge in [-0.25, -0.2) is 0 Å². The first-order valence-corrected chi connectivity index (χ1v) is 7.86. The van der Waals surface area contributed by atoms with Gasteiger partial charge in [-0.3, -0.25) is 4.90 Å². The molecule has 1 aliphatic heterocycles. The highest BCUT2D eigenvalue weighted by molar-refractivity contribution is 5.48. The van der Waals surface area contributed by atoms with E-state index in [0.29, 0.717) is 0 Å². The van der Waals surface area contributed by atoms with Crippen LogP contribution in [0.25, 0.3) is 6.08 Å². The van der Waals surface area contributed by atoms with E-state index in [4.69, 9.17) is 0 Å². The molecule has 2 aliphatic rings. The van der Waals surface area contributed by atoms with Crippen LogP contribution in [-0.2, 0) is 0 Å². The van der Waals surface area contributed by atoms with Crippen LogP contribution in [0.2, 0.25) is 0 Å². The lowest BCUT2D eigenvalue weighted by atomic mass is 9.75. The summed E-state index contributed by atoms with van der Waals surface area (Å²) in [4.78, 5) is 2.64. The Morgan fingerprint density at radius 2 is 1.79 bits per heavy atom. The van der Waals surface area contributed by atoms with E-state index in [0.717, 1.165) is 18.4 Å². The number of likely N-dealkylation sites (tertiary alicyclic amines) is 1. The van der Waals surface area contributed by atoms with Gasteiger partial charge in [-0.1, -0.05) is 61.7 Å². The molecule has 2 unspecified atom stereocenters. The molecule has 1 aromatic rings. The van der Waals surface area contributed by atoms with Gasteiger partial charge in [-0.15, -0.1) is 0 Å². The summed E-state index contributed by atoms with van der Waals surface area (Å²) in [5.41, 5.74) is 1.31. The van der Waals surface area contributed by atoms with Crippen LogP contribution in [0.4, 0.5) is 0 Å². The maximum Gasteiger partial charge on any atom is 0.0166 e. The van der Waals surface area contributed by atoms with Gasteiger partial charge >= 0.3 is 0 Å². The Hall–Kier alpha value is -1.08. The zero-order valence-electron chi connectivity index (χ0n) is 11.8. The van der Waals surface area contributed by atoms with E-state index >= 15 is 0 Å². The first-order chi connectivity index (χ1) is 9.42. The molecule has 0 spiro atoms. The van der Waals surface area contributed by atoms with Gasteiger partial charge in [0.25, 0.3) is 0 Å². The van der Waals surface area contributed by atoms with Gasteiger partial charge in [-0.2, -0.15) is 0 Å². The zero-order valence-corrected chi connectivity index (χ0v) is 11.8. The van der Waals surface area contributed by atoms with Crippen molar-refractivity contribution >= 4 is 6.08 Å². The summed E-state index contributed by atoms with van der Waals surface area (Å²) in [6.45, 7) is 3.77. The molecule has 102 valence electrons. The maximum atomic E-state index is 2.64. The molecule has 1 saturated heterocycles. The molecule has 2 atom stereocenters. The molecule has 0 N–H and O–H groups in total. The SMILES string of the molecule is C(=C\c1ccccc1)/CN1CCC2CCCCC2C1. The average molecular weight is 255 g/mol. The van der Waals surface area contributed by atoms with E-state index in [1.54, 1.807) is 0 Å². The first kappa shape index (κ1) is 12.9. The maximum absolute atomic E-state index is 2.64. The summed E-state index contributed by atoms with van der Waals surface area (Å²) in [5.74, 6) is 2.04. The van der Waals surface area contributed by atoms with Crippen molar-refractivity contribution in [2.75, 3.05) is 19.6 Å². The zero-order chi connectivity index (χ0) is 12.9. The number of nitrogens with zero attached hydrogens (tertiary/aromatic N) is 1. The minimum Gasteiger partial charge on any atom is -0.299 e. The fourth-order valence-corrected chi connectivity index (χ4v) is 3.74. The Kier molecular flexibility index (Phi) is 4.34. The van der Waals surface area contributed by atoms with Crippen molar-refractivity contribution in [3.63, 3.8) is 0 Å². The molecule has 19 heavy (non-hydrogen) atoms. The van der Waals surface area contributed by atoms with Crippen LogP contribution in [0.3, 0.4) is 0 Å². The fourth-order valence-electron chi connectivity index (χ4n) is 3.74. The van der Waals surface area contributed by atoms with Gasteiger partial charge in [-0.05, 0) is 36.8 Å². The normalized spacial score (nSPS) is 28.4. The quantitative estimate of drug-likeness (QED) is 0.782. The molecule has 0 bridgehead atoms. The third kappa shape index (κ3) is 3.48. The Morgan fingerprint density at radius 3 is 2.63 bits per heavy atom. The Labute approximate surface area is 117 Å². The van der Waals surface area contributed by atoms with Crippen LogP contribution in [-0.4, -0.2) is 24.5 Å². The number of hydrogen-bond acceptors (Lipinski definition) is 1. The van der Waals surface area contributed by atoms with E-state index in [1.165, 1.54) is 50.8 Å². The largest absolute Gasteiger partial charge is 0.299 e. The highest BCUT2D eigenvalue weighted by Gasteiger charge is 2.30. The van der Waals surface area contributed by atoms with Crippen LogP contribution in [0.5, 0.6) is 0 Å². The highest BCUT2D eigenvalue weighted by atomic mass is 15.1. The third-order valence-corrected chi connectivity index (χ3v) is 4.85. The number of fused-ring (bicyclic) bond motifs is 1. The van der Waals surface area contributed by atoms with Gasteiger partial charge in [0.1, 0.15) is 0 Å². The monoisotopic (exact) mass is 255 g/mol. The summed E-state index contributed by atoms with van der Waals surface area (Å²) >= 11 is 0. The van der Waals surface area contributed by atoms with Gasteiger partial charge in [0.15, 0.2) is 0 Å². The van der Waals surface area contributed by atoms with E-state index in [-0.39, 0.29) is 0 Å². The topological polar surface area (TPSA) is 3.24 Å². The number of hydrogen-bond donors (Lipinski definition) is 0. The van der Waals surface area contributed by atoms with Crippen LogP contribution in [0.1, 0.15) is 37.7 Å². The van der Waals surface area contributed by atoms with Gasteiger partial charge in [0.05, 0.1) is 0 Å². The van der Waals surface area contributed by atoms with Crippen LogP contribution >= 0.6 is 0 Å². The Bertz CT molecular complexity index is 409. The molecular weight excluding hydrogens is 230 g/mol. The lowest BCUT2D eigenvalue weighted by Crippen LogP contribution is -2.41. The predicted octanol–water partition coefficient (Wildman–Crippen LogP) is 4.21. The van der Waals surface area contributed by atoms with Crippen molar-refractivity contribution in [2.45, 2.75) is 32.1 Å². The van der Waals surface area contributed by atoms with E-state index in [9.17, 15) is 0 Å². The molecule has 1 aliphatic carbocycles. The fraction of sp³-hybridized carbons (Fsp3) is 0.556. The summed E-state index contributed by atoms with van der Waals surface area (Å²) in [6, 6.07) is 10.6. The van der Waals surface area contributed by atoms with Crippen molar-refractivity contribution in [1.29, 1.82) is 0 Å². The molecule has 3 rings (SSSR count). The molecule has 1 heterocycles. The highest BCUT2D eigenvalue weighted by Crippen LogP contribution is 2.35. The Morgan fingerprint density at radius 1 is 1.00 bits per heavy atom. The molecule has 0 radical (unpaired) electrons. The smallest absolute Gasteiger partial charge is 0.0166 e. The second kappa shape index (κ2) is 6.38. The minimum atomic E-state index is 0.993. The molecule has 1 saturated carbocycles. The van der Waals surface area contributed by atoms with Crippen molar-refractivity contribution < 1.29 is 0 Å². The number of benzene rings is 1. The summed E-state index contributed by atoms with van der Waals surface area (Å²) in [5, 5.41) is 0. The van der Waals surface area contributed by atoms with E-state index in [1.807, 2.05) is 0 Å². The predicted molar refractivity (Wildman–Crippen MR) is 82.0 cm³/mol. The third-order valence-electron chi connectivity index (χ3n) is 4.85. The van der Waals surface area contributed by atoms with Crippen LogP contribution in [0.15, 0.2) is 36.4 Å². The Balaban J connectivity index is 1.49. The van der Waals surface area contributed by atoms with Crippen molar-refractivity contribution in [3.8, 4) is 0 Å². The van der Waals surface area contributed by atoms with Crippen molar-refractivity contribution in [3.05, 3.63) is 42.0 Å². The van der Waals surface area contributed by atoms with E-state index < -0.39 is 0 Å². The van der Waals surface area contributed by atoms with Gasteiger partial charge < -0.3 is 0 Å². The molecule has 1 aromatic carbocycles. The lowest BCUT2D eigenvalue weighted by molar-refractivity contribution is 0.0953. The molecule has 1 nitrogen and oxygen atoms in total. The van der Waals surface area contributed by atoms with Crippen LogP contribution in [0, 0.1) is 11.8 Å². The molecule has 1 heteroatoms. The second-order valence-corrected chi connectivity index (χ2v) is 6.17. The van der Waals surface area contributed by atoms with Crippen molar-refractivity contribution in [2.24, 2.45) is 11.8 Å². The molecule has 0 aromatic heterocycles. The van der Waals surface area contributed by atoms with Crippen LogP contribution < -0.4 is 0 Å². The first-order valence-electron chi connectivity index (χ1n) is 7.86. The van der Waals surface area contributed by atoms with Gasteiger partial charge in [0, 0.05) is 13.1 Å². The standard InChI is InChI=1S/C18H25N/c1-2-7-16(8-3-1)9-6-13-19-14-12-17-10-4-5-11-18(17)15-19/h1-3,6-9,17-18H,4-5,10-15H2/b9-6+. The lowest BCUT2D eigenvalue weighted by Gasteiger charge is -2.41. The molecular formula is C18H25N. The molecule has 2 fully saturated rings. The minimum absolute atomic E-state index is 0.993. The van der Waals surface area contributed by atoms with Crippen molar-refractivity contribution in [1.82, 2.24) is 4.90 Å².